The summed E-state index contributed by atoms with van der Waals surface area (Å²) in [6.07, 6.45) is 0.498. The van der Waals surface area contributed by atoms with Crippen LogP contribution in [0.4, 0.5) is 5.13 Å². The zero-order valence-corrected chi connectivity index (χ0v) is 13.0. The molecule has 1 aliphatic rings. The number of hydrogen-bond donors (Lipinski definition) is 1. The zero-order valence-electron chi connectivity index (χ0n) is 10.7. The van der Waals surface area contributed by atoms with Crippen LogP contribution in [0.15, 0.2) is 29.6 Å². The Bertz CT molecular complexity index is 651. The van der Waals surface area contributed by atoms with Gasteiger partial charge in [0.05, 0.1) is 11.6 Å². The summed E-state index contributed by atoms with van der Waals surface area (Å²) >= 11 is 13.1. The van der Waals surface area contributed by atoms with E-state index in [1.807, 2.05) is 36.6 Å². The van der Waals surface area contributed by atoms with Gasteiger partial charge in [0.2, 0.25) is 5.91 Å². The fraction of sp³-hybridized carbons (Fsp3) is 0.286. The number of amides is 1. The fourth-order valence-corrected chi connectivity index (χ4v) is 3.11. The normalized spacial score (nSPS) is 19.6. The maximum Gasteiger partial charge on any atom is 0.232 e. The number of carbonyl (C=O) groups excluding carboxylic acids is 1. The largest absolute Gasteiger partial charge is 0.302 e. The Kier molecular flexibility index (Phi) is 3.48. The lowest BCUT2D eigenvalue weighted by Gasteiger charge is -2.01. The maximum absolute atomic E-state index is 11.9. The number of aromatic nitrogens is 1. The number of anilines is 1. The molecule has 1 saturated carbocycles. The fourth-order valence-electron chi connectivity index (χ4n) is 1.88. The molecule has 20 heavy (non-hydrogen) atoms. The van der Waals surface area contributed by atoms with Crippen molar-refractivity contribution in [2.45, 2.75) is 17.7 Å². The van der Waals surface area contributed by atoms with Crippen LogP contribution in [0.25, 0.3) is 11.3 Å². The molecule has 0 saturated heterocycles. The van der Waals surface area contributed by atoms with Gasteiger partial charge in [0.1, 0.15) is 4.33 Å². The molecule has 1 heterocycles. The van der Waals surface area contributed by atoms with Gasteiger partial charge in [0, 0.05) is 10.9 Å². The van der Waals surface area contributed by atoms with E-state index in [2.05, 4.69) is 10.3 Å². The molecule has 2 aromatic rings. The molecular weight excluding hydrogens is 315 g/mol. The maximum atomic E-state index is 11.9. The molecule has 3 nitrogen and oxygen atoms in total. The lowest BCUT2D eigenvalue weighted by atomic mass is 10.1. The number of thiazole rings is 1. The topological polar surface area (TPSA) is 42.0 Å². The van der Waals surface area contributed by atoms with Crippen molar-refractivity contribution >= 4 is 45.6 Å². The first-order valence-corrected chi connectivity index (χ1v) is 7.80. The minimum atomic E-state index is -0.902. The van der Waals surface area contributed by atoms with E-state index in [9.17, 15) is 4.79 Å². The number of nitrogens with zero attached hydrogens (tertiary/aromatic N) is 1. The van der Waals surface area contributed by atoms with Gasteiger partial charge in [-0.25, -0.2) is 4.98 Å². The molecule has 0 aliphatic heterocycles. The van der Waals surface area contributed by atoms with E-state index in [0.29, 0.717) is 11.6 Å². The van der Waals surface area contributed by atoms with Gasteiger partial charge in [0.25, 0.3) is 0 Å². The lowest BCUT2D eigenvalue weighted by molar-refractivity contribution is -0.117. The highest BCUT2D eigenvalue weighted by atomic mass is 35.5. The minimum absolute atomic E-state index is 0.167. The number of benzene rings is 1. The highest BCUT2D eigenvalue weighted by Crippen LogP contribution is 2.53. The Morgan fingerprint density at radius 2 is 2.05 bits per heavy atom. The summed E-state index contributed by atoms with van der Waals surface area (Å²) in [6, 6.07) is 8.10. The molecule has 1 atom stereocenters. The number of aryl methyl sites for hydroxylation is 1. The second-order valence-electron chi connectivity index (χ2n) is 4.91. The van der Waals surface area contributed by atoms with Crippen molar-refractivity contribution in [3.63, 3.8) is 0 Å². The monoisotopic (exact) mass is 326 g/mol. The average molecular weight is 327 g/mol. The van der Waals surface area contributed by atoms with Crippen molar-refractivity contribution in [2.24, 2.45) is 5.92 Å². The second-order valence-corrected chi connectivity index (χ2v) is 7.31. The first-order valence-electron chi connectivity index (χ1n) is 6.17. The van der Waals surface area contributed by atoms with Crippen molar-refractivity contribution in [1.29, 1.82) is 0 Å². The van der Waals surface area contributed by atoms with Crippen LogP contribution in [-0.4, -0.2) is 15.2 Å². The summed E-state index contributed by atoms with van der Waals surface area (Å²) in [5.41, 5.74) is 3.08. The van der Waals surface area contributed by atoms with Crippen molar-refractivity contribution < 1.29 is 4.79 Å². The van der Waals surface area contributed by atoms with E-state index in [-0.39, 0.29) is 11.8 Å². The summed E-state index contributed by atoms with van der Waals surface area (Å²) in [5.74, 6) is -0.502. The summed E-state index contributed by atoms with van der Waals surface area (Å²) < 4.78 is -0.902. The van der Waals surface area contributed by atoms with Crippen LogP contribution in [0.3, 0.4) is 0 Å². The lowest BCUT2D eigenvalue weighted by Crippen LogP contribution is -2.16. The van der Waals surface area contributed by atoms with Gasteiger partial charge in [-0.1, -0.05) is 29.8 Å². The van der Waals surface area contributed by atoms with Crippen LogP contribution >= 0.6 is 34.5 Å². The number of rotatable bonds is 3. The number of carbonyl (C=O) groups is 1. The predicted molar refractivity (Wildman–Crippen MR) is 83.5 cm³/mol. The number of hydrogen-bond acceptors (Lipinski definition) is 3. The quantitative estimate of drug-likeness (QED) is 0.856. The smallest absolute Gasteiger partial charge is 0.232 e. The second kappa shape index (κ2) is 5.02. The SMILES string of the molecule is Cc1ccc(-c2csc(NC(=O)C3CC3(Cl)Cl)n2)cc1. The number of alkyl halides is 2. The van der Waals surface area contributed by atoms with Gasteiger partial charge >= 0.3 is 0 Å². The number of halogens is 2. The van der Waals surface area contributed by atoms with Gasteiger partial charge in [0.15, 0.2) is 5.13 Å². The highest BCUT2D eigenvalue weighted by Gasteiger charge is 2.56. The Morgan fingerprint density at radius 3 is 2.65 bits per heavy atom. The Morgan fingerprint density at radius 1 is 1.40 bits per heavy atom. The molecule has 6 heteroatoms. The first-order chi connectivity index (χ1) is 9.45. The molecule has 3 rings (SSSR count). The van der Waals surface area contributed by atoms with E-state index in [1.54, 1.807) is 0 Å². The Labute approximate surface area is 130 Å². The highest BCUT2D eigenvalue weighted by molar-refractivity contribution is 7.14. The van der Waals surface area contributed by atoms with Crippen LogP contribution in [0, 0.1) is 12.8 Å². The van der Waals surface area contributed by atoms with Crippen LogP contribution < -0.4 is 5.32 Å². The van der Waals surface area contributed by atoms with Gasteiger partial charge < -0.3 is 5.32 Å². The summed E-state index contributed by atoms with van der Waals surface area (Å²) in [5, 5.41) is 5.25. The van der Waals surface area contributed by atoms with Gasteiger partial charge in [-0.2, -0.15) is 0 Å². The zero-order chi connectivity index (χ0) is 14.3. The summed E-state index contributed by atoms with van der Waals surface area (Å²) in [7, 11) is 0. The van der Waals surface area contributed by atoms with Gasteiger partial charge in [-0.15, -0.1) is 34.5 Å². The molecule has 0 bridgehead atoms. The van der Waals surface area contributed by atoms with Crippen LogP contribution in [0.5, 0.6) is 0 Å². The molecule has 1 fully saturated rings. The molecule has 1 N–H and O–H groups in total. The first kappa shape index (κ1) is 13.9. The minimum Gasteiger partial charge on any atom is -0.302 e. The van der Waals surface area contributed by atoms with Gasteiger partial charge in [-0.05, 0) is 13.3 Å². The molecule has 0 radical (unpaired) electrons. The van der Waals surface area contributed by atoms with E-state index in [1.165, 1.54) is 16.9 Å². The van der Waals surface area contributed by atoms with Crippen LogP contribution in [0.2, 0.25) is 0 Å². The molecule has 0 spiro atoms. The molecule has 1 aliphatic carbocycles. The van der Waals surface area contributed by atoms with Crippen LogP contribution in [0.1, 0.15) is 12.0 Å². The van der Waals surface area contributed by atoms with Crippen molar-refractivity contribution in [1.82, 2.24) is 4.98 Å². The third-order valence-corrected chi connectivity index (χ3v) is 4.82. The molecular formula is C14H12Cl2N2OS. The third-order valence-electron chi connectivity index (χ3n) is 3.22. The Hall–Kier alpha value is -1.10. The van der Waals surface area contributed by atoms with E-state index < -0.39 is 4.33 Å². The molecule has 1 amide bonds. The van der Waals surface area contributed by atoms with Crippen molar-refractivity contribution in [2.75, 3.05) is 5.32 Å². The average Bonchev–Trinajstić information content (AvgIpc) is 2.83. The van der Waals surface area contributed by atoms with E-state index >= 15 is 0 Å². The third kappa shape index (κ3) is 2.82. The Balaban J connectivity index is 1.71. The van der Waals surface area contributed by atoms with Gasteiger partial charge in [-0.3, -0.25) is 4.79 Å². The predicted octanol–water partition coefficient (Wildman–Crippen LogP) is 4.25. The van der Waals surface area contributed by atoms with E-state index in [0.717, 1.165) is 11.3 Å². The number of nitrogens with one attached hydrogen (secondary N) is 1. The summed E-state index contributed by atoms with van der Waals surface area (Å²) in [4.78, 5) is 16.3. The molecule has 104 valence electrons. The van der Waals surface area contributed by atoms with Crippen LogP contribution in [-0.2, 0) is 4.79 Å². The molecule has 1 unspecified atom stereocenters. The van der Waals surface area contributed by atoms with E-state index in [4.69, 9.17) is 23.2 Å². The van der Waals surface area contributed by atoms with Crippen molar-refractivity contribution in [3.8, 4) is 11.3 Å². The molecule has 1 aromatic heterocycles. The standard InChI is InChI=1S/C14H12Cl2N2OS/c1-8-2-4-9(5-3-8)11-7-20-13(17-11)18-12(19)10-6-14(10,15)16/h2-5,7,10H,6H2,1H3,(H,17,18,19). The summed E-state index contributed by atoms with van der Waals surface area (Å²) in [6.45, 7) is 2.04. The van der Waals surface area contributed by atoms with Crippen molar-refractivity contribution in [3.05, 3.63) is 35.2 Å². The molecule has 1 aromatic carbocycles.